The molecule has 20 heavy (non-hydrogen) atoms. The summed E-state index contributed by atoms with van der Waals surface area (Å²) in [6, 6.07) is 4.80. The third kappa shape index (κ3) is 2.77. The third-order valence-electron chi connectivity index (χ3n) is 3.15. The Morgan fingerprint density at radius 2 is 2.05 bits per heavy atom. The number of aliphatic carboxylic acids is 1. The molecule has 0 saturated carbocycles. The Kier molecular flexibility index (Phi) is 4.26. The Morgan fingerprint density at radius 1 is 1.40 bits per heavy atom. The Morgan fingerprint density at radius 3 is 2.60 bits per heavy atom. The first kappa shape index (κ1) is 14.8. The number of nitrogens with zero attached hydrogens (tertiary/aromatic N) is 1. The predicted molar refractivity (Wildman–Crippen MR) is 71.2 cm³/mol. The zero-order valence-electron chi connectivity index (χ0n) is 10.9. The Hall–Kier alpha value is -1.64. The lowest BCUT2D eigenvalue weighted by Gasteiger charge is -2.32. The molecular weight excluding hydrogens is 284 g/mol. The molecule has 1 heterocycles. The zero-order chi connectivity index (χ0) is 14.8. The fourth-order valence-corrected chi connectivity index (χ4v) is 3.65. The quantitative estimate of drug-likeness (QED) is 0.795. The molecule has 1 fully saturated rings. The van der Waals surface area contributed by atoms with Gasteiger partial charge in [-0.25, -0.2) is 8.42 Å². The van der Waals surface area contributed by atoms with Crippen molar-refractivity contribution in [3.05, 3.63) is 24.3 Å². The predicted octanol–water partition coefficient (Wildman–Crippen LogP) is -0.258. The van der Waals surface area contributed by atoms with E-state index in [0.717, 1.165) is 4.31 Å². The van der Waals surface area contributed by atoms with E-state index in [4.69, 9.17) is 9.84 Å². The van der Waals surface area contributed by atoms with Gasteiger partial charge in [0.1, 0.15) is 11.8 Å². The van der Waals surface area contributed by atoms with E-state index >= 15 is 0 Å². The number of piperazine rings is 1. The molecule has 2 N–H and O–H groups in total. The van der Waals surface area contributed by atoms with Gasteiger partial charge in [0, 0.05) is 19.6 Å². The molecule has 1 aromatic carbocycles. The molecule has 0 aliphatic carbocycles. The number of methoxy groups -OCH3 is 1. The summed E-state index contributed by atoms with van der Waals surface area (Å²) >= 11 is 0. The number of nitrogens with one attached hydrogen (secondary N) is 1. The molecule has 0 bridgehead atoms. The van der Waals surface area contributed by atoms with Gasteiger partial charge < -0.3 is 15.2 Å². The van der Waals surface area contributed by atoms with Crippen LogP contribution in [0.25, 0.3) is 0 Å². The third-order valence-corrected chi connectivity index (χ3v) is 5.07. The number of rotatable bonds is 4. The Balaban J connectivity index is 2.34. The van der Waals surface area contributed by atoms with Crippen LogP contribution in [-0.4, -0.2) is 56.6 Å². The van der Waals surface area contributed by atoms with Crippen molar-refractivity contribution in [2.75, 3.05) is 26.7 Å². The van der Waals surface area contributed by atoms with Crippen molar-refractivity contribution in [2.45, 2.75) is 10.9 Å². The molecule has 8 heteroatoms. The van der Waals surface area contributed by atoms with Crippen molar-refractivity contribution in [1.29, 1.82) is 0 Å². The van der Waals surface area contributed by atoms with E-state index in [2.05, 4.69) is 5.32 Å². The fraction of sp³-hybridized carbons (Fsp3) is 0.417. The van der Waals surface area contributed by atoms with Gasteiger partial charge in [0.25, 0.3) is 0 Å². The van der Waals surface area contributed by atoms with Gasteiger partial charge in [-0.3, -0.25) is 4.79 Å². The maximum Gasteiger partial charge on any atom is 0.323 e. The molecule has 1 aliphatic heterocycles. The first-order chi connectivity index (χ1) is 9.46. The standard InChI is InChI=1S/C12H16N2O5S/c1-19-9-2-4-10(5-3-9)20(17,18)14-7-6-13-8-11(14)12(15)16/h2-5,11,13H,6-8H2,1H3,(H,15,16)/t11-/m1/s1. The van der Waals surface area contributed by atoms with Gasteiger partial charge in [-0.2, -0.15) is 4.31 Å². The van der Waals surface area contributed by atoms with E-state index in [1.54, 1.807) is 0 Å². The van der Waals surface area contributed by atoms with Crippen LogP contribution in [0.3, 0.4) is 0 Å². The van der Waals surface area contributed by atoms with Crippen LogP contribution in [0.1, 0.15) is 0 Å². The first-order valence-corrected chi connectivity index (χ1v) is 7.50. The lowest BCUT2D eigenvalue weighted by atomic mass is 10.2. The summed E-state index contributed by atoms with van der Waals surface area (Å²) in [4.78, 5) is 11.2. The van der Waals surface area contributed by atoms with Crippen LogP contribution in [-0.2, 0) is 14.8 Å². The van der Waals surface area contributed by atoms with Gasteiger partial charge in [-0.15, -0.1) is 0 Å². The SMILES string of the molecule is COc1ccc(S(=O)(=O)N2CCNC[C@@H]2C(=O)O)cc1. The van der Waals surface area contributed by atoms with E-state index < -0.39 is 22.0 Å². The van der Waals surface area contributed by atoms with Crippen LogP contribution < -0.4 is 10.1 Å². The van der Waals surface area contributed by atoms with E-state index in [-0.39, 0.29) is 18.0 Å². The molecule has 7 nitrogen and oxygen atoms in total. The average molecular weight is 300 g/mol. The van der Waals surface area contributed by atoms with Crippen LogP contribution >= 0.6 is 0 Å². The minimum Gasteiger partial charge on any atom is -0.497 e. The summed E-state index contributed by atoms with van der Waals surface area (Å²) < 4.78 is 31.0. The molecule has 0 spiro atoms. The van der Waals surface area contributed by atoms with Crippen LogP contribution in [0.2, 0.25) is 0 Å². The molecule has 0 amide bonds. The van der Waals surface area contributed by atoms with Crippen LogP contribution in [0, 0.1) is 0 Å². The summed E-state index contributed by atoms with van der Waals surface area (Å²) in [5.41, 5.74) is 0. The molecule has 0 aromatic heterocycles. The molecule has 110 valence electrons. The number of ether oxygens (including phenoxy) is 1. The highest BCUT2D eigenvalue weighted by Gasteiger charge is 2.37. The van der Waals surface area contributed by atoms with Gasteiger partial charge in [-0.1, -0.05) is 0 Å². The second-order valence-corrected chi connectivity index (χ2v) is 6.24. The summed E-state index contributed by atoms with van der Waals surface area (Å²) in [7, 11) is -2.34. The normalized spacial score (nSPS) is 20.6. The maximum atomic E-state index is 12.5. The topological polar surface area (TPSA) is 95.9 Å². The molecule has 1 saturated heterocycles. The molecule has 0 unspecified atom stereocenters. The minimum atomic E-state index is -3.82. The molecule has 1 aromatic rings. The van der Waals surface area contributed by atoms with Crippen molar-refractivity contribution in [2.24, 2.45) is 0 Å². The number of sulfonamides is 1. The fourth-order valence-electron chi connectivity index (χ4n) is 2.07. The van der Waals surface area contributed by atoms with Crippen LogP contribution in [0.4, 0.5) is 0 Å². The monoisotopic (exact) mass is 300 g/mol. The van der Waals surface area contributed by atoms with Crippen LogP contribution in [0.5, 0.6) is 5.75 Å². The molecular formula is C12H16N2O5S. The van der Waals surface area contributed by atoms with E-state index in [1.165, 1.54) is 31.4 Å². The molecule has 0 radical (unpaired) electrons. The lowest BCUT2D eigenvalue weighted by molar-refractivity contribution is -0.141. The van der Waals surface area contributed by atoms with Gasteiger partial charge in [-0.05, 0) is 24.3 Å². The van der Waals surface area contributed by atoms with E-state index in [9.17, 15) is 13.2 Å². The van der Waals surface area contributed by atoms with Gasteiger partial charge >= 0.3 is 5.97 Å². The second-order valence-electron chi connectivity index (χ2n) is 4.35. The number of carbonyl (C=O) groups is 1. The summed E-state index contributed by atoms with van der Waals surface area (Å²) in [5.74, 6) is -0.617. The van der Waals surface area contributed by atoms with Gasteiger partial charge in [0.15, 0.2) is 0 Å². The highest BCUT2D eigenvalue weighted by atomic mass is 32.2. The zero-order valence-corrected chi connectivity index (χ0v) is 11.8. The van der Waals surface area contributed by atoms with Crippen molar-refractivity contribution < 1.29 is 23.1 Å². The maximum absolute atomic E-state index is 12.5. The first-order valence-electron chi connectivity index (χ1n) is 6.06. The minimum absolute atomic E-state index is 0.0615. The molecule has 2 rings (SSSR count). The average Bonchev–Trinajstić information content (AvgIpc) is 2.47. The van der Waals surface area contributed by atoms with Gasteiger partial charge in [0.2, 0.25) is 10.0 Å². The second kappa shape index (κ2) is 5.78. The van der Waals surface area contributed by atoms with E-state index in [1.807, 2.05) is 0 Å². The number of hydrogen-bond acceptors (Lipinski definition) is 5. The highest BCUT2D eigenvalue weighted by molar-refractivity contribution is 7.89. The molecule has 1 aliphatic rings. The number of hydrogen-bond donors (Lipinski definition) is 2. The van der Waals surface area contributed by atoms with Crippen molar-refractivity contribution in [3.63, 3.8) is 0 Å². The van der Waals surface area contributed by atoms with E-state index in [0.29, 0.717) is 12.3 Å². The molecule has 1 atom stereocenters. The smallest absolute Gasteiger partial charge is 0.323 e. The Bertz CT molecular complexity index is 584. The summed E-state index contributed by atoms with van der Waals surface area (Å²) in [6.45, 7) is 0.662. The van der Waals surface area contributed by atoms with Crippen molar-refractivity contribution in [3.8, 4) is 5.75 Å². The summed E-state index contributed by atoms with van der Waals surface area (Å²) in [5, 5.41) is 12.0. The largest absolute Gasteiger partial charge is 0.497 e. The number of carboxylic acid groups (broad SMARTS) is 1. The lowest BCUT2D eigenvalue weighted by Crippen LogP contribution is -2.56. The van der Waals surface area contributed by atoms with Crippen molar-refractivity contribution in [1.82, 2.24) is 9.62 Å². The Labute approximate surface area is 117 Å². The number of carboxylic acids is 1. The van der Waals surface area contributed by atoms with Crippen LogP contribution in [0.15, 0.2) is 29.2 Å². The number of benzene rings is 1. The highest BCUT2D eigenvalue weighted by Crippen LogP contribution is 2.22. The summed E-state index contributed by atoms with van der Waals surface area (Å²) in [6.07, 6.45) is 0. The van der Waals surface area contributed by atoms with Gasteiger partial charge in [0.05, 0.1) is 12.0 Å². The van der Waals surface area contributed by atoms with Crippen molar-refractivity contribution >= 4 is 16.0 Å².